The Morgan fingerprint density at radius 1 is 1.36 bits per heavy atom. The van der Waals surface area contributed by atoms with E-state index in [4.69, 9.17) is 4.74 Å². The van der Waals surface area contributed by atoms with Crippen molar-refractivity contribution in [2.24, 2.45) is 5.41 Å². The van der Waals surface area contributed by atoms with Crippen LogP contribution in [-0.4, -0.2) is 48.5 Å². The van der Waals surface area contributed by atoms with Gasteiger partial charge in [-0.15, -0.1) is 0 Å². The minimum atomic E-state index is -3.05. The van der Waals surface area contributed by atoms with Gasteiger partial charge in [-0.05, 0) is 24.6 Å². The number of alkyl halides is 2. The first kappa shape index (κ1) is 20.0. The Kier molecular flexibility index (Phi) is 5.22. The summed E-state index contributed by atoms with van der Waals surface area (Å²) in [4.78, 5) is 26.9. The summed E-state index contributed by atoms with van der Waals surface area (Å²) in [6, 6.07) is 7.72. The van der Waals surface area contributed by atoms with Crippen molar-refractivity contribution in [2.45, 2.75) is 32.5 Å². The number of ketones is 1. The van der Waals surface area contributed by atoms with Gasteiger partial charge in [0.25, 0.3) is 5.91 Å². The minimum absolute atomic E-state index is 0.00647. The maximum atomic E-state index is 13.0. The van der Waals surface area contributed by atoms with E-state index >= 15 is 0 Å². The van der Waals surface area contributed by atoms with Gasteiger partial charge in [-0.2, -0.15) is 14.0 Å². The van der Waals surface area contributed by atoms with Gasteiger partial charge in [-0.3, -0.25) is 9.59 Å². The molecular formula is C20H20F2N2O4. The van der Waals surface area contributed by atoms with Crippen LogP contribution in [0.25, 0.3) is 0 Å². The summed E-state index contributed by atoms with van der Waals surface area (Å²) >= 11 is 0. The van der Waals surface area contributed by atoms with Crippen LogP contribution in [0.2, 0.25) is 0 Å². The third-order valence-electron chi connectivity index (χ3n) is 4.96. The Morgan fingerprint density at radius 2 is 2.07 bits per heavy atom. The molecule has 1 atom stereocenters. The second kappa shape index (κ2) is 7.32. The summed E-state index contributed by atoms with van der Waals surface area (Å²) in [6.45, 7) is 0.985. The highest BCUT2D eigenvalue weighted by atomic mass is 19.3. The zero-order chi connectivity index (χ0) is 20.5. The lowest BCUT2D eigenvalue weighted by atomic mass is 9.69. The van der Waals surface area contributed by atoms with Gasteiger partial charge < -0.3 is 14.4 Å². The molecule has 3 rings (SSSR count). The number of hydrogen-bond donors (Lipinski definition) is 0. The minimum Gasteiger partial charge on any atom is -0.434 e. The van der Waals surface area contributed by atoms with Gasteiger partial charge in [-0.25, -0.2) is 0 Å². The molecule has 148 valence electrons. The average Bonchev–Trinajstić information content (AvgIpc) is 2.64. The van der Waals surface area contributed by atoms with Crippen molar-refractivity contribution in [1.29, 1.82) is 5.26 Å². The van der Waals surface area contributed by atoms with E-state index in [-0.39, 0.29) is 42.4 Å². The van der Waals surface area contributed by atoms with E-state index in [2.05, 4.69) is 4.74 Å². The van der Waals surface area contributed by atoms with Crippen molar-refractivity contribution in [1.82, 2.24) is 4.90 Å². The number of carbonyl (C=O) groups excluding carboxylic acids is 2. The van der Waals surface area contributed by atoms with E-state index in [1.165, 1.54) is 29.2 Å². The molecule has 1 amide bonds. The van der Waals surface area contributed by atoms with Crippen molar-refractivity contribution in [3.05, 3.63) is 41.5 Å². The standard InChI is InChI=1S/C20H20F2N2O4/c1-19(2)11-20(9-13(10-23)16(19)25)12-24(7-8-27-20)17(26)14-5-3-4-6-15(14)28-18(21)22/h3-6,9,18H,7-8,11-12H2,1-2H3. The Morgan fingerprint density at radius 3 is 2.75 bits per heavy atom. The van der Waals surface area contributed by atoms with Gasteiger partial charge in [0.05, 0.1) is 24.3 Å². The number of Topliss-reactive ketones (excluding diaryl/α,β-unsaturated/α-hetero) is 1. The average molecular weight is 390 g/mol. The van der Waals surface area contributed by atoms with Crippen LogP contribution in [0.4, 0.5) is 8.78 Å². The molecule has 0 aromatic heterocycles. The number of carbonyl (C=O) groups is 2. The van der Waals surface area contributed by atoms with Crippen molar-refractivity contribution >= 4 is 11.7 Å². The monoisotopic (exact) mass is 390 g/mol. The number of hydrogen-bond acceptors (Lipinski definition) is 5. The fraction of sp³-hybridized carbons (Fsp3) is 0.450. The number of morpholine rings is 1. The number of nitrogens with zero attached hydrogens (tertiary/aromatic N) is 2. The van der Waals surface area contributed by atoms with Crippen molar-refractivity contribution in [2.75, 3.05) is 19.7 Å². The first-order valence-electron chi connectivity index (χ1n) is 8.82. The number of para-hydroxylation sites is 1. The van der Waals surface area contributed by atoms with E-state index in [0.717, 1.165) is 0 Å². The fourth-order valence-electron chi connectivity index (χ4n) is 3.84. The molecule has 0 radical (unpaired) electrons. The Bertz CT molecular complexity index is 875. The summed E-state index contributed by atoms with van der Waals surface area (Å²) in [5, 5.41) is 9.32. The summed E-state index contributed by atoms with van der Waals surface area (Å²) < 4.78 is 35.7. The molecule has 0 N–H and O–H groups in total. The van der Waals surface area contributed by atoms with E-state index in [9.17, 15) is 23.6 Å². The Labute approximate surface area is 161 Å². The van der Waals surface area contributed by atoms with Crippen LogP contribution in [0.15, 0.2) is 35.9 Å². The largest absolute Gasteiger partial charge is 0.434 e. The molecule has 1 aliphatic heterocycles. The van der Waals surface area contributed by atoms with Gasteiger partial charge in [-0.1, -0.05) is 26.0 Å². The normalized spacial score (nSPS) is 24.1. The number of allylic oxidation sites excluding steroid dienone is 1. The number of ether oxygens (including phenoxy) is 2. The summed E-state index contributed by atoms with van der Waals surface area (Å²) in [5.41, 5.74) is -1.76. The van der Waals surface area contributed by atoms with Gasteiger partial charge >= 0.3 is 6.61 Å². The number of amides is 1. The van der Waals surface area contributed by atoms with Crippen LogP contribution in [-0.2, 0) is 9.53 Å². The molecule has 1 aromatic rings. The summed E-state index contributed by atoms with van der Waals surface area (Å²) in [5.74, 6) is -0.931. The molecule has 28 heavy (non-hydrogen) atoms. The lowest BCUT2D eigenvalue weighted by molar-refractivity contribution is -0.134. The number of halogens is 2. The third kappa shape index (κ3) is 3.76. The summed E-state index contributed by atoms with van der Waals surface area (Å²) in [6.07, 6.45) is 1.80. The number of benzene rings is 1. The first-order chi connectivity index (χ1) is 13.2. The predicted molar refractivity (Wildman–Crippen MR) is 94.8 cm³/mol. The quantitative estimate of drug-likeness (QED) is 0.793. The molecule has 8 heteroatoms. The van der Waals surface area contributed by atoms with E-state index in [1.807, 2.05) is 6.07 Å². The smallest absolute Gasteiger partial charge is 0.387 e. The van der Waals surface area contributed by atoms with Gasteiger partial charge in [0.2, 0.25) is 0 Å². The maximum Gasteiger partial charge on any atom is 0.387 e. The highest BCUT2D eigenvalue weighted by Gasteiger charge is 2.48. The fourth-order valence-corrected chi connectivity index (χ4v) is 3.84. The topological polar surface area (TPSA) is 79.6 Å². The molecule has 1 saturated heterocycles. The number of nitriles is 1. The van der Waals surface area contributed by atoms with E-state index in [0.29, 0.717) is 6.42 Å². The molecule has 6 nitrogen and oxygen atoms in total. The van der Waals surface area contributed by atoms with Crippen LogP contribution in [0.3, 0.4) is 0 Å². The highest BCUT2D eigenvalue weighted by molar-refractivity contribution is 6.04. The molecule has 1 fully saturated rings. The zero-order valence-electron chi connectivity index (χ0n) is 15.6. The van der Waals surface area contributed by atoms with Crippen molar-refractivity contribution < 1.29 is 27.8 Å². The van der Waals surface area contributed by atoms with Crippen LogP contribution < -0.4 is 4.74 Å². The van der Waals surface area contributed by atoms with Gasteiger partial charge in [0, 0.05) is 12.0 Å². The third-order valence-corrected chi connectivity index (χ3v) is 4.96. The molecule has 1 heterocycles. The van der Waals surface area contributed by atoms with Gasteiger partial charge in [0.15, 0.2) is 5.78 Å². The Hall–Kier alpha value is -2.79. The first-order valence-corrected chi connectivity index (χ1v) is 8.82. The van der Waals surface area contributed by atoms with Crippen LogP contribution in [0.1, 0.15) is 30.6 Å². The second-order valence-electron chi connectivity index (χ2n) is 7.57. The summed E-state index contributed by atoms with van der Waals surface area (Å²) in [7, 11) is 0. The zero-order valence-corrected chi connectivity index (χ0v) is 15.6. The molecule has 1 spiro atoms. The van der Waals surface area contributed by atoms with Crippen molar-refractivity contribution in [3.8, 4) is 11.8 Å². The van der Waals surface area contributed by atoms with E-state index in [1.54, 1.807) is 19.9 Å². The molecule has 0 saturated carbocycles. The maximum absolute atomic E-state index is 13.0. The molecule has 1 aliphatic carbocycles. The van der Waals surface area contributed by atoms with Crippen LogP contribution in [0, 0.1) is 16.7 Å². The SMILES string of the molecule is CC1(C)CC2(C=C(C#N)C1=O)CN(C(=O)c1ccccc1OC(F)F)CCO2. The Balaban J connectivity index is 1.90. The number of rotatable bonds is 3. The lowest BCUT2D eigenvalue weighted by Crippen LogP contribution is -2.57. The molecule has 0 bridgehead atoms. The molecule has 1 aromatic carbocycles. The molecule has 2 aliphatic rings. The second-order valence-corrected chi connectivity index (χ2v) is 7.57. The molecular weight excluding hydrogens is 370 g/mol. The van der Waals surface area contributed by atoms with Gasteiger partial charge in [0.1, 0.15) is 17.4 Å². The highest BCUT2D eigenvalue weighted by Crippen LogP contribution is 2.41. The lowest BCUT2D eigenvalue weighted by Gasteiger charge is -2.46. The van der Waals surface area contributed by atoms with Crippen LogP contribution in [0.5, 0.6) is 5.75 Å². The molecule has 1 unspecified atom stereocenters. The van der Waals surface area contributed by atoms with E-state index < -0.39 is 23.5 Å². The van der Waals surface area contributed by atoms with Crippen LogP contribution >= 0.6 is 0 Å². The van der Waals surface area contributed by atoms with Crippen molar-refractivity contribution in [3.63, 3.8) is 0 Å². The predicted octanol–water partition coefficient (Wildman–Crippen LogP) is 2.95.